The van der Waals surface area contributed by atoms with Gasteiger partial charge in [0, 0.05) is 6.07 Å². The van der Waals surface area contributed by atoms with Gasteiger partial charge >= 0.3 is 0 Å². The molecule has 0 spiro atoms. The highest BCUT2D eigenvalue weighted by molar-refractivity contribution is 6.50. The van der Waals surface area contributed by atoms with E-state index < -0.39 is 0 Å². The van der Waals surface area contributed by atoms with Crippen LogP contribution in [0.3, 0.4) is 0 Å². The Morgan fingerprint density at radius 1 is 1.00 bits per heavy atom. The van der Waals surface area contributed by atoms with Gasteiger partial charge in [-0.1, -0.05) is 62.8 Å². The average Bonchev–Trinajstić information content (AvgIpc) is 2.83. The smallest absolute Gasteiger partial charge is 0.259 e. The Bertz CT molecular complexity index is 1140. The number of unbranched alkanes of at least 4 members (excludes halogenated alkanes) is 5. The average molecular weight is 471 g/mol. The lowest BCUT2D eigenvalue weighted by Crippen LogP contribution is -2.11. The zero-order valence-corrected chi connectivity index (χ0v) is 20.2. The van der Waals surface area contributed by atoms with E-state index in [9.17, 15) is 4.79 Å². The minimum atomic E-state index is -0.305. The third kappa shape index (κ3) is 6.75. The lowest BCUT2D eigenvalue weighted by atomic mass is 10.1. The van der Waals surface area contributed by atoms with Crippen molar-refractivity contribution in [2.45, 2.75) is 45.4 Å². The van der Waals surface area contributed by atoms with Gasteiger partial charge in [0.25, 0.3) is 5.56 Å². The van der Waals surface area contributed by atoms with E-state index in [1.807, 2.05) is 24.3 Å². The lowest BCUT2D eigenvalue weighted by Gasteiger charge is -2.09. The minimum absolute atomic E-state index is 0.282. The SMILES string of the molecule is CCCCCCCCOc1ccc(/C=C(/Cl)c2nc3cc(OC)c(OC)cc3c(=O)[nH]2)cc1. The standard InChI is InChI=1S/C26H31ClN2O4/c1-4-5-6-7-8-9-14-33-19-12-10-18(11-13-19)15-21(27)25-28-22-17-24(32-3)23(31-2)16-20(22)26(30)29-25/h10-13,15-17H,4-9,14H2,1-3H3,(H,28,29,30)/b21-15+. The van der Waals surface area contributed by atoms with E-state index in [1.54, 1.807) is 18.2 Å². The Labute approximate surface area is 199 Å². The fourth-order valence-corrected chi connectivity index (χ4v) is 3.74. The molecule has 3 aromatic rings. The molecule has 0 radical (unpaired) electrons. The third-order valence-electron chi connectivity index (χ3n) is 5.38. The number of aromatic amines is 1. The van der Waals surface area contributed by atoms with Crippen LogP contribution in [0.15, 0.2) is 41.2 Å². The van der Waals surface area contributed by atoms with Gasteiger partial charge in [0.2, 0.25) is 0 Å². The molecule has 0 saturated heterocycles. The van der Waals surface area contributed by atoms with Crippen LogP contribution >= 0.6 is 11.6 Å². The molecule has 0 fully saturated rings. The lowest BCUT2D eigenvalue weighted by molar-refractivity contribution is 0.304. The van der Waals surface area contributed by atoms with Crippen LogP contribution in [0.1, 0.15) is 56.8 Å². The first-order chi connectivity index (χ1) is 16.0. The van der Waals surface area contributed by atoms with Gasteiger partial charge in [0.15, 0.2) is 17.3 Å². The first-order valence-corrected chi connectivity index (χ1v) is 11.7. The Hall–Kier alpha value is -2.99. The molecule has 176 valence electrons. The number of hydrogen-bond donors (Lipinski definition) is 1. The second-order valence-electron chi connectivity index (χ2n) is 7.82. The van der Waals surface area contributed by atoms with Crippen molar-refractivity contribution >= 4 is 33.6 Å². The minimum Gasteiger partial charge on any atom is -0.494 e. The summed E-state index contributed by atoms with van der Waals surface area (Å²) in [5.74, 6) is 2.07. The van der Waals surface area contributed by atoms with Gasteiger partial charge in [0.05, 0.1) is 36.8 Å². The summed E-state index contributed by atoms with van der Waals surface area (Å²) in [6.45, 7) is 2.94. The number of ether oxygens (including phenoxy) is 3. The number of hydrogen-bond acceptors (Lipinski definition) is 5. The van der Waals surface area contributed by atoms with Crippen molar-refractivity contribution in [2.75, 3.05) is 20.8 Å². The van der Waals surface area contributed by atoms with Crippen LogP contribution < -0.4 is 19.8 Å². The zero-order chi connectivity index (χ0) is 23.6. The molecule has 1 heterocycles. The first-order valence-electron chi connectivity index (χ1n) is 11.3. The molecule has 33 heavy (non-hydrogen) atoms. The van der Waals surface area contributed by atoms with Crippen molar-refractivity contribution in [1.29, 1.82) is 0 Å². The molecule has 1 N–H and O–H groups in total. The Balaban J connectivity index is 1.68. The van der Waals surface area contributed by atoms with Gasteiger partial charge in [0.1, 0.15) is 5.75 Å². The highest BCUT2D eigenvalue weighted by Gasteiger charge is 2.12. The van der Waals surface area contributed by atoms with Crippen molar-refractivity contribution in [1.82, 2.24) is 9.97 Å². The molecule has 0 unspecified atom stereocenters. The summed E-state index contributed by atoms with van der Waals surface area (Å²) < 4.78 is 16.4. The molecule has 1 aromatic heterocycles. The first kappa shape index (κ1) is 24.6. The van der Waals surface area contributed by atoms with E-state index in [2.05, 4.69) is 16.9 Å². The molecule has 0 aliphatic rings. The summed E-state index contributed by atoms with van der Waals surface area (Å²) in [5.41, 5.74) is 1.04. The van der Waals surface area contributed by atoms with Crippen LogP contribution in [-0.4, -0.2) is 30.8 Å². The number of H-pyrrole nitrogens is 1. The maximum Gasteiger partial charge on any atom is 0.259 e. The number of rotatable bonds is 12. The summed E-state index contributed by atoms with van der Waals surface area (Å²) in [7, 11) is 3.05. The van der Waals surface area contributed by atoms with Crippen LogP contribution in [0.2, 0.25) is 0 Å². The number of benzene rings is 2. The second-order valence-corrected chi connectivity index (χ2v) is 8.22. The predicted molar refractivity (Wildman–Crippen MR) is 135 cm³/mol. The molecule has 7 heteroatoms. The van der Waals surface area contributed by atoms with Gasteiger partial charge in [-0.15, -0.1) is 0 Å². The van der Waals surface area contributed by atoms with Crippen molar-refractivity contribution in [2.24, 2.45) is 0 Å². The molecule has 3 rings (SSSR count). The highest BCUT2D eigenvalue weighted by atomic mass is 35.5. The van der Waals surface area contributed by atoms with E-state index >= 15 is 0 Å². The number of nitrogens with zero attached hydrogens (tertiary/aromatic N) is 1. The normalized spacial score (nSPS) is 11.6. The fraction of sp³-hybridized carbons (Fsp3) is 0.385. The van der Waals surface area contributed by atoms with E-state index in [1.165, 1.54) is 46.3 Å². The van der Waals surface area contributed by atoms with E-state index in [-0.39, 0.29) is 11.4 Å². The number of aromatic nitrogens is 2. The fourth-order valence-electron chi connectivity index (χ4n) is 3.53. The number of nitrogens with one attached hydrogen (secondary N) is 1. The Kier molecular flexibility index (Phi) is 9.19. The summed E-state index contributed by atoms with van der Waals surface area (Å²) in [6.07, 6.45) is 9.16. The van der Waals surface area contributed by atoms with Gasteiger partial charge in [-0.25, -0.2) is 4.98 Å². The number of methoxy groups -OCH3 is 2. The van der Waals surface area contributed by atoms with Crippen LogP contribution in [0.5, 0.6) is 17.2 Å². The van der Waals surface area contributed by atoms with Crippen LogP contribution in [0, 0.1) is 0 Å². The van der Waals surface area contributed by atoms with Crippen molar-refractivity contribution in [3.63, 3.8) is 0 Å². The molecule has 2 aromatic carbocycles. The number of halogens is 1. The highest BCUT2D eigenvalue weighted by Crippen LogP contribution is 2.30. The van der Waals surface area contributed by atoms with Crippen LogP contribution in [-0.2, 0) is 0 Å². The predicted octanol–water partition coefficient (Wildman–Crippen LogP) is 6.42. The van der Waals surface area contributed by atoms with Gasteiger partial charge in [-0.05, 0) is 36.3 Å². The molecular weight excluding hydrogens is 440 g/mol. The van der Waals surface area contributed by atoms with E-state index in [4.69, 9.17) is 25.8 Å². The molecule has 0 amide bonds. The van der Waals surface area contributed by atoms with Gasteiger partial charge in [-0.2, -0.15) is 0 Å². The van der Waals surface area contributed by atoms with Crippen molar-refractivity contribution in [3.05, 3.63) is 58.1 Å². The molecule has 0 aliphatic heterocycles. The summed E-state index contributed by atoms with van der Waals surface area (Å²) in [4.78, 5) is 19.8. The van der Waals surface area contributed by atoms with Gasteiger partial charge < -0.3 is 19.2 Å². The Morgan fingerprint density at radius 3 is 2.36 bits per heavy atom. The van der Waals surface area contributed by atoms with E-state index in [0.29, 0.717) is 27.4 Å². The summed E-state index contributed by atoms with van der Waals surface area (Å²) in [5, 5.41) is 0.720. The largest absolute Gasteiger partial charge is 0.494 e. The van der Waals surface area contributed by atoms with Crippen molar-refractivity contribution in [3.8, 4) is 17.2 Å². The molecular formula is C26H31ClN2O4. The third-order valence-corrected chi connectivity index (χ3v) is 5.67. The second kappa shape index (κ2) is 12.3. The zero-order valence-electron chi connectivity index (χ0n) is 19.4. The molecule has 6 nitrogen and oxygen atoms in total. The Morgan fingerprint density at radius 2 is 1.67 bits per heavy atom. The molecule has 0 aliphatic carbocycles. The molecule has 0 atom stereocenters. The van der Waals surface area contributed by atoms with Gasteiger partial charge in [-0.3, -0.25) is 4.79 Å². The summed E-state index contributed by atoms with van der Waals surface area (Å²) in [6, 6.07) is 10.9. The molecule has 0 saturated carbocycles. The topological polar surface area (TPSA) is 73.4 Å². The van der Waals surface area contributed by atoms with E-state index in [0.717, 1.165) is 24.3 Å². The monoisotopic (exact) mass is 470 g/mol. The maximum absolute atomic E-state index is 12.6. The van der Waals surface area contributed by atoms with Crippen LogP contribution in [0.4, 0.5) is 0 Å². The van der Waals surface area contributed by atoms with Crippen LogP contribution in [0.25, 0.3) is 22.0 Å². The number of fused-ring (bicyclic) bond motifs is 1. The summed E-state index contributed by atoms with van der Waals surface area (Å²) >= 11 is 6.48. The van der Waals surface area contributed by atoms with Crippen molar-refractivity contribution < 1.29 is 14.2 Å². The molecule has 0 bridgehead atoms. The quantitative estimate of drug-likeness (QED) is 0.309. The maximum atomic E-state index is 12.6.